The summed E-state index contributed by atoms with van der Waals surface area (Å²) in [6.07, 6.45) is 5.00. The van der Waals surface area contributed by atoms with Crippen LogP contribution >= 0.6 is 0 Å². The van der Waals surface area contributed by atoms with Gasteiger partial charge in [0.05, 0.1) is 0 Å². The van der Waals surface area contributed by atoms with Crippen LogP contribution in [-0.2, 0) is 0 Å². The highest BCUT2D eigenvalue weighted by Gasteiger charge is 1.75. The van der Waals surface area contributed by atoms with Crippen LogP contribution in [-0.4, -0.2) is 6.54 Å². The number of hydrogen-bond donors (Lipinski definition) is 1. The summed E-state index contributed by atoms with van der Waals surface area (Å²) in [4.78, 5) is 0. The third-order valence-electron chi connectivity index (χ3n) is 0.808. The molecule has 0 amide bonds. The molecule has 0 rings (SSSR count). The molecule has 0 saturated carbocycles. The molecule has 1 heteroatoms. The predicted octanol–water partition coefficient (Wildman–Crippen LogP) is 2.80. The second-order valence-electron chi connectivity index (χ2n) is 2.20. The zero-order valence-corrected chi connectivity index (χ0v) is 7.11. The fourth-order valence-electron chi connectivity index (χ4n) is 0.394. The largest absolute Gasteiger partial charge is 0.330 e. The van der Waals surface area contributed by atoms with Gasteiger partial charge in [-0.05, 0) is 13.0 Å². The van der Waals surface area contributed by atoms with Crippen molar-refractivity contribution >= 4 is 0 Å². The van der Waals surface area contributed by atoms with Gasteiger partial charge in [-0.1, -0.05) is 40.0 Å². The first kappa shape index (κ1) is 11.7. The first-order valence-electron chi connectivity index (χ1n) is 4.03. The number of unbranched alkanes of at least 4 members (excludes halogenated alkanes) is 2. The van der Waals surface area contributed by atoms with Gasteiger partial charge in [0, 0.05) is 1.43 Å². The van der Waals surface area contributed by atoms with Gasteiger partial charge in [0.1, 0.15) is 0 Å². The van der Waals surface area contributed by atoms with E-state index < -0.39 is 0 Å². The van der Waals surface area contributed by atoms with Gasteiger partial charge in [-0.2, -0.15) is 0 Å². The predicted molar refractivity (Wildman–Crippen MR) is 46.7 cm³/mol. The van der Waals surface area contributed by atoms with E-state index in [0.29, 0.717) is 0 Å². The molecule has 0 aliphatic heterocycles. The lowest BCUT2D eigenvalue weighted by atomic mass is 10.3. The van der Waals surface area contributed by atoms with Crippen molar-refractivity contribution in [2.45, 2.75) is 46.5 Å². The van der Waals surface area contributed by atoms with Crippen molar-refractivity contribution in [3.63, 3.8) is 0 Å². The van der Waals surface area contributed by atoms with Crippen molar-refractivity contribution in [3.05, 3.63) is 0 Å². The van der Waals surface area contributed by atoms with Crippen molar-refractivity contribution in [3.8, 4) is 0 Å². The summed E-state index contributed by atoms with van der Waals surface area (Å²) in [5.41, 5.74) is 5.21. The van der Waals surface area contributed by atoms with Crippen LogP contribution in [0, 0.1) is 0 Å². The first-order chi connectivity index (χ1) is 4.33. The molecule has 1 nitrogen and oxygen atoms in total. The molecule has 2 N–H and O–H groups in total. The Kier molecular flexibility index (Phi) is 20.4. The summed E-state index contributed by atoms with van der Waals surface area (Å²) in [7, 11) is 0. The van der Waals surface area contributed by atoms with Gasteiger partial charge in [0.15, 0.2) is 0 Å². The molecule has 0 radical (unpaired) electrons. The summed E-state index contributed by atoms with van der Waals surface area (Å²) in [6.45, 7) is 7.28. The Balaban J connectivity index is -0.000000107. The fraction of sp³-hybridized carbons (Fsp3) is 1.00. The Morgan fingerprint density at radius 2 is 1.56 bits per heavy atom. The van der Waals surface area contributed by atoms with Crippen molar-refractivity contribution in [1.29, 1.82) is 0 Å². The summed E-state index contributed by atoms with van der Waals surface area (Å²) >= 11 is 0. The summed E-state index contributed by atoms with van der Waals surface area (Å²) < 4.78 is 0. The third-order valence-corrected chi connectivity index (χ3v) is 0.808. The molecule has 0 aromatic rings. The topological polar surface area (TPSA) is 26.0 Å². The van der Waals surface area contributed by atoms with Crippen molar-refractivity contribution in [2.24, 2.45) is 5.73 Å². The average molecular weight is 133 g/mol. The van der Waals surface area contributed by atoms with Crippen molar-refractivity contribution in [2.75, 3.05) is 6.54 Å². The Hall–Kier alpha value is -0.0400. The average Bonchev–Trinajstić information content (AvgIpc) is 1.86. The molecular formula is C8H23N. The SMILES string of the molecule is CCC.CCCCCN.[HH]. The Labute approximate surface area is 61.1 Å². The lowest BCUT2D eigenvalue weighted by molar-refractivity contribution is 0.727. The molecule has 0 saturated heterocycles. The monoisotopic (exact) mass is 133 g/mol. The molecule has 9 heavy (non-hydrogen) atoms. The second kappa shape index (κ2) is 15.7. The van der Waals surface area contributed by atoms with Crippen LogP contribution < -0.4 is 5.73 Å². The van der Waals surface area contributed by atoms with Crippen LogP contribution in [0.4, 0.5) is 0 Å². The van der Waals surface area contributed by atoms with Crippen LogP contribution in [0.2, 0.25) is 0 Å². The zero-order chi connectivity index (χ0) is 7.54. The molecule has 0 aromatic carbocycles. The zero-order valence-electron chi connectivity index (χ0n) is 7.11. The molecule has 0 aromatic heterocycles. The lowest BCUT2D eigenvalue weighted by Gasteiger charge is -1.86. The van der Waals surface area contributed by atoms with Crippen LogP contribution in [0.3, 0.4) is 0 Å². The molecule has 0 unspecified atom stereocenters. The number of rotatable bonds is 3. The van der Waals surface area contributed by atoms with Gasteiger partial charge >= 0.3 is 0 Å². The minimum atomic E-state index is 0. The van der Waals surface area contributed by atoms with Crippen LogP contribution in [0.1, 0.15) is 47.9 Å². The maximum Gasteiger partial charge on any atom is 0 e. The fourth-order valence-corrected chi connectivity index (χ4v) is 0.394. The van der Waals surface area contributed by atoms with E-state index in [2.05, 4.69) is 20.8 Å². The molecule has 0 atom stereocenters. The van der Waals surface area contributed by atoms with E-state index in [9.17, 15) is 0 Å². The minimum absolute atomic E-state index is 0. The normalized spacial score (nSPS) is 8.00. The van der Waals surface area contributed by atoms with Gasteiger partial charge in [-0.15, -0.1) is 0 Å². The van der Waals surface area contributed by atoms with Crippen LogP contribution in [0.15, 0.2) is 0 Å². The molecule has 0 aliphatic rings. The molecule has 60 valence electrons. The van der Waals surface area contributed by atoms with Gasteiger partial charge < -0.3 is 5.73 Å². The molecule has 0 bridgehead atoms. The van der Waals surface area contributed by atoms with E-state index in [4.69, 9.17) is 5.73 Å². The van der Waals surface area contributed by atoms with E-state index in [1.807, 2.05) is 0 Å². The molecular weight excluding hydrogens is 110 g/mol. The van der Waals surface area contributed by atoms with E-state index >= 15 is 0 Å². The highest BCUT2D eigenvalue weighted by atomic mass is 14.5. The first-order valence-corrected chi connectivity index (χ1v) is 4.03. The molecule has 0 heterocycles. The van der Waals surface area contributed by atoms with E-state index in [1.165, 1.54) is 25.7 Å². The molecule has 0 aliphatic carbocycles. The smallest absolute Gasteiger partial charge is 0 e. The van der Waals surface area contributed by atoms with Gasteiger partial charge in [0.2, 0.25) is 0 Å². The number of hydrogen-bond acceptors (Lipinski definition) is 1. The molecule has 0 spiro atoms. The van der Waals surface area contributed by atoms with Gasteiger partial charge in [0.25, 0.3) is 0 Å². The highest BCUT2D eigenvalue weighted by molar-refractivity contribution is 4.34. The Bertz CT molecular complexity index is 28.4. The number of nitrogens with two attached hydrogens (primary N) is 1. The Morgan fingerprint density at radius 3 is 1.67 bits per heavy atom. The minimum Gasteiger partial charge on any atom is -0.330 e. The summed E-state index contributed by atoms with van der Waals surface area (Å²) in [5.74, 6) is 0. The second-order valence-corrected chi connectivity index (χ2v) is 2.20. The molecule has 0 fully saturated rings. The van der Waals surface area contributed by atoms with Crippen LogP contribution in [0.25, 0.3) is 0 Å². The highest BCUT2D eigenvalue weighted by Crippen LogP contribution is 1.88. The maximum atomic E-state index is 5.21. The van der Waals surface area contributed by atoms with Crippen molar-refractivity contribution in [1.82, 2.24) is 0 Å². The van der Waals surface area contributed by atoms with E-state index in [0.717, 1.165) is 6.54 Å². The third kappa shape index (κ3) is 32.3. The maximum absolute atomic E-state index is 5.21. The van der Waals surface area contributed by atoms with Crippen LogP contribution in [0.5, 0.6) is 0 Å². The Morgan fingerprint density at radius 1 is 1.11 bits per heavy atom. The van der Waals surface area contributed by atoms with Gasteiger partial charge in [-0.3, -0.25) is 0 Å². The lowest BCUT2D eigenvalue weighted by Crippen LogP contribution is -1.96. The quantitative estimate of drug-likeness (QED) is 0.589. The van der Waals surface area contributed by atoms with Gasteiger partial charge in [-0.25, -0.2) is 0 Å². The summed E-state index contributed by atoms with van der Waals surface area (Å²) in [6, 6.07) is 0. The summed E-state index contributed by atoms with van der Waals surface area (Å²) in [5, 5.41) is 0. The van der Waals surface area contributed by atoms with E-state index in [-0.39, 0.29) is 1.43 Å². The van der Waals surface area contributed by atoms with E-state index in [1.54, 1.807) is 0 Å². The van der Waals surface area contributed by atoms with Crippen molar-refractivity contribution < 1.29 is 1.43 Å². The standard InChI is InChI=1S/C5H13N.C3H8.H2/c1-2-3-4-5-6;1-3-2;/h2-6H2,1H3;3H2,1-2H3;1H.